The van der Waals surface area contributed by atoms with Crippen LogP contribution >= 0.6 is 11.3 Å². The second-order valence-electron chi connectivity index (χ2n) is 4.01. The summed E-state index contributed by atoms with van der Waals surface area (Å²) in [6.45, 7) is 0. The van der Waals surface area contributed by atoms with Crippen molar-refractivity contribution in [3.63, 3.8) is 0 Å². The fourth-order valence-corrected chi connectivity index (χ4v) is 2.78. The molecule has 2 N–H and O–H groups in total. The van der Waals surface area contributed by atoms with E-state index in [2.05, 4.69) is 16.7 Å². The van der Waals surface area contributed by atoms with E-state index in [1.165, 1.54) is 4.88 Å². The number of carbonyl (C=O) groups is 1. The van der Waals surface area contributed by atoms with E-state index in [1.807, 2.05) is 35.7 Å². The molecule has 1 aliphatic heterocycles. The number of fused-ring (bicyclic) bond motifs is 1. The summed E-state index contributed by atoms with van der Waals surface area (Å²) in [5.74, 6) is 0.0563. The van der Waals surface area contributed by atoms with E-state index in [1.54, 1.807) is 11.3 Å². The molecule has 2 heterocycles. The molecule has 2 aromatic rings. The van der Waals surface area contributed by atoms with Gasteiger partial charge in [-0.1, -0.05) is 18.2 Å². The Morgan fingerprint density at radius 1 is 1.12 bits per heavy atom. The first-order chi connectivity index (χ1) is 8.33. The maximum atomic E-state index is 11.8. The average molecular weight is 244 g/mol. The Labute approximate surface area is 103 Å². The standard InChI is InChI=1S/C13H12N2OS/c16-13-8-11(12-6-3-7-17-12)14-9-4-1-2-5-10(9)15-13/h1-7,11,14H,8H2,(H,15,16). The fourth-order valence-electron chi connectivity index (χ4n) is 2.00. The van der Waals surface area contributed by atoms with Crippen LogP contribution in [0.5, 0.6) is 0 Å². The van der Waals surface area contributed by atoms with Crippen molar-refractivity contribution in [3.05, 3.63) is 46.7 Å². The highest BCUT2D eigenvalue weighted by atomic mass is 32.1. The van der Waals surface area contributed by atoms with Crippen molar-refractivity contribution in [1.29, 1.82) is 0 Å². The van der Waals surface area contributed by atoms with Crippen molar-refractivity contribution in [2.45, 2.75) is 12.5 Å². The Bertz CT molecular complexity index is 536. The van der Waals surface area contributed by atoms with Gasteiger partial charge in [0.1, 0.15) is 0 Å². The van der Waals surface area contributed by atoms with Gasteiger partial charge in [-0.3, -0.25) is 4.79 Å². The number of rotatable bonds is 1. The second kappa shape index (κ2) is 4.22. The highest BCUT2D eigenvalue weighted by Crippen LogP contribution is 2.33. The van der Waals surface area contributed by atoms with Crippen LogP contribution in [0, 0.1) is 0 Å². The molecular formula is C13H12N2OS. The summed E-state index contributed by atoms with van der Waals surface area (Å²) in [6.07, 6.45) is 0.467. The molecule has 0 saturated heterocycles. The number of benzene rings is 1. The second-order valence-corrected chi connectivity index (χ2v) is 4.99. The highest BCUT2D eigenvalue weighted by Gasteiger charge is 2.22. The third-order valence-corrected chi connectivity index (χ3v) is 3.79. The van der Waals surface area contributed by atoms with Crippen LogP contribution in [-0.2, 0) is 4.79 Å². The monoisotopic (exact) mass is 244 g/mol. The molecule has 3 rings (SSSR count). The molecule has 0 bridgehead atoms. The summed E-state index contributed by atoms with van der Waals surface area (Å²) < 4.78 is 0. The molecule has 3 nitrogen and oxygen atoms in total. The summed E-state index contributed by atoms with van der Waals surface area (Å²) in [5.41, 5.74) is 1.84. The fraction of sp³-hybridized carbons (Fsp3) is 0.154. The van der Waals surface area contributed by atoms with Gasteiger partial charge in [-0.2, -0.15) is 0 Å². The van der Waals surface area contributed by atoms with Gasteiger partial charge in [0.2, 0.25) is 5.91 Å². The summed E-state index contributed by atoms with van der Waals surface area (Å²) in [6, 6.07) is 11.9. The van der Waals surface area contributed by atoms with E-state index in [9.17, 15) is 4.79 Å². The van der Waals surface area contributed by atoms with E-state index in [4.69, 9.17) is 0 Å². The van der Waals surface area contributed by atoms with Crippen LogP contribution in [0.4, 0.5) is 11.4 Å². The molecule has 86 valence electrons. The zero-order valence-electron chi connectivity index (χ0n) is 9.14. The third kappa shape index (κ3) is 2.03. The molecule has 1 unspecified atom stereocenters. The van der Waals surface area contributed by atoms with Gasteiger partial charge in [0.05, 0.1) is 23.8 Å². The van der Waals surface area contributed by atoms with Crippen molar-refractivity contribution in [2.75, 3.05) is 10.6 Å². The van der Waals surface area contributed by atoms with Gasteiger partial charge < -0.3 is 10.6 Å². The molecular weight excluding hydrogens is 232 g/mol. The largest absolute Gasteiger partial charge is 0.375 e. The first-order valence-corrected chi connectivity index (χ1v) is 6.40. The van der Waals surface area contributed by atoms with Gasteiger partial charge in [0, 0.05) is 4.88 Å². The molecule has 0 spiro atoms. The summed E-state index contributed by atoms with van der Waals surface area (Å²) in [5, 5.41) is 8.37. The van der Waals surface area contributed by atoms with Crippen LogP contribution in [0.3, 0.4) is 0 Å². The van der Waals surface area contributed by atoms with Gasteiger partial charge >= 0.3 is 0 Å². The average Bonchev–Trinajstić information content (AvgIpc) is 2.79. The number of thiophene rings is 1. The first-order valence-electron chi connectivity index (χ1n) is 5.52. The topological polar surface area (TPSA) is 41.1 Å². The molecule has 1 aliphatic rings. The van der Waals surface area contributed by atoms with E-state index < -0.39 is 0 Å². The van der Waals surface area contributed by atoms with Gasteiger partial charge in [0.15, 0.2) is 0 Å². The summed E-state index contributed by atoms with van der Waals surface area (Å²) in [4.78, 5) is 13.0. The van der Waals surface area contributed by atoms with E-state index in [0.29, 0.717) is 6.42 Å². The minimum atomic E-state index is 0.0563. The van der Waals surface area contributed by atoms with Crippen LogP contribution < -0.4 is 10.6 Å². The van der Waals surface area contributed by atoms with Gasteiger partial charge in [-0.15, -0.1) is 11.3 Å². The molecule has 1 aromatic heterocycles. The number of para-hydroxylation sites is 2. The number of hydrogen-bond donors (Lipinski definition) is 2. The van der Waals surface area contributed by atoms with E-state index in [-0.39, 0.29) is 11.9 Å². The van der Waals surface area contributed by atoms with Crippen molar-refractivity contribution in [3.8, 4) is 0 Å². The van der Waals surface area contributed by atoms with Gasteiger partial charge in [0.25, 0.3) is 0 Å². The predicted molar refractivity (Wildman–Crippen MR) is 70.4 cm³/mol. The van der Waals surface area contributed by atoms with E-state index >= 15 is 0 Å². The third-order valence-electron chi connectivity index (χ3n) is 2.81. The number of hydrogen-bond acceptors (Lipinski definition) is 3. The van der Waals surface area contributed by atoms with Crippen LogP contribution in [0.2, 0.25) is 0 Å². The molecule has 1 amide bonds. The van der Waals surface area contributed by atoms with Crippen LogP contribution in [0.1, 0.15) is 17.3 Å². The predicted octanol–water partition coefficient (Wildman–Crippen LogP) is 3.24. The highest BCUT2D eigenvalue weighted by molar-refractivity contribution is 7.10. The Kier molecular flexibility index (Phi) is 2.57. The molecule has 0 fully saturated rings. The molecule has 0 aliphatic carbocycles. The van der Waals surface area contributed by atoms with Gasteiger partial charge in [-0.25, -0.2) is 0 Å². The lowest BCUT2D eigenvalue weighted by Gasteiger charge is -2.14. The zero-order chi connectivity index (χ0) is 11.7. The summed E-state index contributed by atoms with van der Waals surface area (Å²) in [7, 11) is 0. The van der Waals surface area contributed by atoms with Gasteiger partial charge in [-0.05, 0) is 23.6 Å². The maximum absolute atomic E-state index is 11.8. The number of anilines is 2. The minimum Gasteiger partial charge on any atom is -0.375 e. The quantitative estimate of drug-likeness (QED) is 0.808. The lowest BCUT2D eigenvalue weighted by Crippen LogP contribution is -2.14. The normalized spacial score (nSPS) is 18.8. The van der Waals surface area contributed by atoms with Crippen molar-refractivity contribution >= 4 is 28.6 Å². The zero-order valence-corrected chi connectivity index (χ0v) is 9.96. The Balaban J connectivity index is 1.98. The van der Waals surface area contributed by atoms with E-state index in [0.717, 1.165) is 11.4 Å². The smallest absolute Gasteiger partial charge is 0.226 e. The lowest BCUT2D eigenvalue weighted by atomic mass is 10.1. The Hall–Kier alpha value is -1.81. The summed E-state index contributed by atoms with van der Waals surface area (Å²) >= 11 is 1.67. The number of carbonyl (C=O) groups excluding carboxylic acids is 1. The maximum Gasteiger partial charge on any atom is 0.226 e. The molecule has 4 heteroatoms. The Morgan fingerprint density at radius 3 is 2.71 bits per heavy atom. The lowest BCUT2D eigenvalue weighted by molar-refractivity contribution is -0.116. The van der Waals surface area contributed by atoms with Crippen LogP contribution in [-0.4, -0.2) is 5.91 Å². The molecule has 1 aromatic carbocycles. The molecule has 0 radical (unpaired) electrons. The van der Waals surface area contributed by atoms with Crippen LogP contribution in [0.15, 0.2) is 41.8 Å². The number of nitrogens with one attached hydrogen (secondary N) is 2. The molecule has 17 heavy (non-hydrogen) atoms. The molecule has 1 atom stereocenters. The SMILES string of the molecule is O=C1CC(c2cccs2)Nc2ccccc2N1. The first kappa shape index (κ1) is 10.4. The minimum absolute atomic E-state index is 0.0563. The van der Waals surface area contributed by atoms with Crippen LogP contribution in [0.25, 0.3) is 0 Å². The van der Waals surface area contributed by atoms with Crippen molar-refractivity contribution < 1.29 is 4.79 Å². The Morgan fingerprint density at radius 2 is 1.94 bits per heavy atom. The van der Waals surface area contributed by atoms with Crippen molar-refractivity contribution in [1.82, 2.24) is 0 Å². The van der Waals surface area contributed by atoms with Crippen molar-refractivity contribution in [2.24, 2.45) is 0 Å². The molecule has 0 saturated carbocycles. The number of amides is 1.